The average molecular weight is 305 g/mol. The quantitative estimate of drug-likeness (QED) is 0.776. The highest BCUT2D eigenvalue weighted by Crippen LogP contribution is 2.36. The first kappa shape index (κ1) is 15.3. The largest absolute Gasteiger partial charge is 0.497 e. The molecule has 3 heteroatoms. The fourth-order valence-corrected chi connectivity index (χ4v) is 2.75. The number of benzene rings is 2. The number of hydrogen-bond donors (Lipinski definition) is 1. The number of aromatic nitrogens is 1. The van der Waals surface area contributed by atoms with E-state index in [1.54, 1.807) is 13.3 Å². The van der Waals surface area contributed by atoms with E-state index in [9.17, 15) is 5.11 Å². The van der Waals surface area contributed by atoms with Gasteiger partial charge < -0.3 is 9.84 Å². The van der Waals surface area contributed by atoms with Crippen LogP contribution in [0.3, 0.4) is 0 Å². The highest BCUT2D eigenvalue weighted by atomic mass is 16.5. The maximum absolute atomic E-state index is 11.0. The highest BCUT2D eigenvalue weighted by Gasteiger charge is 2.25. The molecule has 3 rings (SSSR count). The molecule has 0 saturated heterocycles. The maximum Gasteiger partial charge on any atom is 0.119 e. The molecule has 0 aliphatic heterocycles. The second-order valence-electron chi connectivity index (χ2n) is 5.36. The average Bonchev–Trinajstić information content (AvgIpc) is 2.64. The summed E-state index contributed by atoms with van der Waals surface area (Å²) < 4.78 is 5.27. The van der Waals surface area contributed by atoms with Crippen molar-refractivity contribution in [1.82, 2.24) is 4.98 Å². The molecule has 1 aromatic heterocycles. The van der Waals surface area contributed by atoms with E-state index >= 15 is 0 Å². The van der Waals surface area contributed by atoms with Crippen molar-refractivity contribution in [3.8, 4) is 5.75 Å². The van der Waals surface area contributed by atoms with Crippen molar-refractivity contribution in [2.45, 2.75) is 12.0 Å². The molecule has 23 heavy (non-hydrogen) atoms. The zero-order valence-electron chi connectivity index (χ0n) is 13.0. The maximum atomic E-state index is 11.0. The Morgan fingerprint density at radius 2 is 1.61 bits per heavy atom. The zero-order chi connectivity index (χ0) is 16.1. The van der Waals surface area contributed by atoms with Crippen LogP contribution in [-0.4, -0.2) is 17.2 Å². The van der Waals surface area contributed by atoms with E-state index in [1.165, 1.54) is 0 Å². The van der Waals surface area contributed by atoms with E-state index in [1.807, 2.05) is 72.8 Å². The summed E-state index contributed by atoms with van der Waals surface area (Å²) in [6, 6.07) is 23.2. The molecule has 2 atom stereocenters. The summed E-state index contributed by atoms with van der Waals surface area (Å²) in [5, 5.41) is 11.0. The summed E-state index contributed by atoms with van der Waals surface area (Å²) >= 11 is 0. The van der Waals surface area contributed by atoms with Crippen molar-refractivity contribution >= 4 is 0 Å². The Morgan fingerprint density at radius 1 is 0.870 bits per heavy atom. The second kappa shape index (κ2) is 7.07. The third-order valence-electron chi connectivity index (χ3n) is 3.92. The molecule has 1 heterocycles. The third kappa shape index (κ3) is 3.41. The Balaban J connectivity index is 2.04. The Kier molecular flexibility index (Phi) is 4.69. The lowest BCUT2D eigenvalue weighted by Crippen LogP contribution is -2.14. The first-order chi connectivity index (χ1) is 11.3. The number of methoxy groups -OCH3 is 1. The summed E-state index contributed by atoms with van der Waals surface area (Å²) in [6.07, 6.45) is 1.05. The minimum absolute atomic E-state index is 0.232. The van der Waals surface area contributed by atoms with Gasteiger partial charge in [-0.05, 0) is 35.4 Å². The molecule has 3 aromatic rings. The van der Waals surface area contributed by atoms with Gasteiger partial charge in [0.25, 0.3) is 0 Å². The number of nitrogens with zero attached hydrogens (tertiary/aromatic N) is 1. The number of aliphatic hydroxyl groups excluding tert-OH is 1. The van der Waals surface area contributed by atoms with Gasteiger partial charge in [0, 0.05) is 6.20 Å². The van der Waals surface area contributed by atoms with Crippen LogP contribution in [0, 0.1) is 0 Å². The van der Waals surface area contributed by atoms with E-state index < -0.39 is 6.10 Å². The predicted octanol–water partition coefficient (Wildman–Crippen LogP) is 3.96. The van der Waals surface area contributed by atoms with Gasteiger partial charge in [0.1, 0.15) is 5.75 Å². The summed E-state index contributed by atoms with van der Waals surface area (Å²) in [5.74, 6) is 0.499. The molecular weight excluding hydrogens is 286 g/mol. The highest BCUT2D eigenvalue weighted by molar-refractivity contribution is 5.36. The molecule has 0 amide bonds. The Hall–Kier alpha value is -2.65. The lowest BCUT2D eigenvalue weighted by Gasteiger charge is -2.23. The number of rotatable bonds is 5. The monoisotopic (exact) mass is 305 g/mol. The van der Waals surface area contributed by atoms with E-state index in [4.69, 9.17) is 4.74 Å². The third-order valence-corrected chi connectivity index (χ3v) is 3.92. The molecule has 2 aromatic carbocycles. The Bertz CT molecular complexity index is 704. The molecule has 3 nitrogen and oxygen atoms in total. The van der Waals surface area contributed by atoms with Crippen LogP contribution < -0.4 is 4.74 Å². The van der Waals surface area contributed by atoms with Crippen LogP contribution in [0.2, 0.25) is 0 Å². The van der Waals surface area contributed by atoms with Crippen molar-refractivity contribution in [2.24, 2.45) is 0 Å². The fraction of sp³-hybridized carbons (Fsp3) is 0.150. The van der Waals surface area contributed by atoms with Crippen molar-refractivity contribution in [3.05, 3.63) is 95.8 Å². The van der Waals surface area contributed by atoms with Crippen LogP contribution in [0.5, 0.6) is 5.75 Å². The molecular formula is C20H19NO2. The van der Waals surface area contributed by atoms with Gasteiger partial charge in [-0.2, -0.15) is 0 Å². The summed E-state index contributed by atoms with van der Waals surface area (Å²) in [7, 11) is 1.62. The van der Waals surface area contributed by atoms with Crippen molar-refractivity contribution < 1.29 is 9.84 Å². The van der Waals surface area contributed by atoms with E-state index in [0.29, 0.717) is 0 Å². The normalized spacial score (nSPS) is 13.3. The molecule has 0 aliphatic carbocycles. The smallest absolute Gasteiger partial charge is 0.119 e. The number of ether oxygens (including phenoxy) is 1. The number of hydrogen-bond acceptors (Lipinski definition) is 3. The molecule has 0 saturated carbocycles. The molecule has 0 aliphatic rings. The SMILES string of the molecule is COc1cccc([C@@H](O)[C@@H](c2ccccc2)c2ccccn2)c1. The lowest BCUT2D eigenvalue weighted by atomic mass is 9.86. The zero-order valence-corrected chi connectivity index (χ0v) is 13.0. The number of aliphatic hydroxyl groups is 1. The van der Waals surface area contributed by atoms with Gasteiger partial charge in [-0.3, -0.25) is 4.98 Å². The molecule has 0 spiro atoms. The van der Waals surface area contributed by atoms with Crippen molar-refractivity contribution in [2.75, 3.05) is 7.11 Å². The fourth-order valence-electron chi connectivity index (χ4n) is 2.75. The van der Waals surface area contributed by atoms with Gasteiger partial charge in [-0.15, -0.1) is 0 Å². The topological polar surface area (TPSA) is 42.4 Å². The van der Waals surface area contributed by atoms with E-state index in [0.717, 1.165) is 22.6 Å². The Morgan fingerprint density at radius 3 is 2.30 bits per heavy atom. The summed E-state index contributed by atoms with van der Waals surface area (Å²) in [5.41, 5.74) is 2.68. The van der Waals surface area contributed by atoms with Crippen LogP contribution in [0.15, 0.2) is 79.0 Å². The molecule has 0 fully saturated rings. The molecule has 0 bridgehead atoms. The minimum Gasteiger partial charge on any atom is -0.497 e. The van der Waals surface area contributed by atoms with Crippen molar-refractivity contribution in [1.29, 1.82) is 0 Å². The first-order valence-corrected chi connectivity index (χ1v) is 7.57. The molecule has 1 N–H and O–H groups in total. The number of pyridine rings is 1. The first-order valence-electron chi connectivity index (χ1n) is 7.57. The van der Waals surface area contributed by atoms with Crippen LogP contribution in [0.1, 0.15) is 28.8 Å². The molecule has 0 radical (unpaired) electrons. The van der Waals surface area contributed by atoms with Crippen molar-refractivity contribution in [3.63, 3.8) is 0 Å². The van der Waals surface area contributed by atoms with E-state index in [2.05, 4.69) is 4.98 Å². The van der Waals surface area contributed by atoms with Gasteiger partial charge in [0.05, 0.1) is 24.8 Å². The van der Waals surface area contributed by atoms with Crippen LogP contribution >= 0.6 is 0 Å². The van der Waals surface area contributed by atoms with E-state index in [-0.39, 0.29) is 5.92 Å². The van der Waals surface area contributed by atoms with Gasteiger partial charge >= 0.3 is 0 Å². The molecule has 116 valence electrons. The Labute approximate surface area is 136 Å². The molecule has 0 unspecified atom stereocenters. The van der Waals surface area contributed by atoms with Gasteiger partial charge in [0.15, 0.2) is 0 Å². The van der Waals surface area contributed by atoms with Crippen LogP contribution in [0.25, 0.3) is 0 Å². The van der Waals surface area contributed by atoms with Gasteiger partial charge in [-0.25, -0.2) is 0 Å². The lowest BCUT2D eigenvalue weighted by molar-refractivity contribution is 0.157. The second-order valence-corrected chi connectivity index (χ2v) is 5.36. The van der Waals surface area contributed by atoms with Crippen LogP contribution in [-0.2, 0) is 0 Å². The summed E-state index contributed by atoms with van der Waals surface area (Å²) in [4.78, 5) is 4.45. The predicted molar refractivity (Wildman–Crippen MR) is 90.5 cm³/mol. The standard InChI is InChI=1S/C20H19NO2/c1-23-17-11-7-10-16(14-17)20(22)19(15-8-3-2-4-9-15)18-12-5-6-13-21-18/h2-14,19-20,22H,1H3/t19-,20+/m0/s1. The van der Waals surface area contributed by atoms with Gasteiger partial charge in [-0.1, -0.05) is 48.5 Å². The van der Waals surface area contributed by atoms with Crippen LogP contribution in [0.4, 0.5) is 0 Å². The summed E-state index contributed by atoms with van der Waals surface area (Å²) in [6.45, 7) is 0. The van der Waals surface area contributed by atoms with Gasteiger partial charge in [0.2, 0.25) is 0 Å². The minimum atomic E-state index is -0.706.